The molecule has 4 N–H and O–H groups in total. The number of esters is 4. The zero-order valence-electron chi connectivity index (χ0n) is 40.5. The minimum Gasteiger partial charge on any atom is -0.497 e. The van der Waals surface area contributed by atoms with Crippen molar-refractivity contribution in [3.63, 3.8) is 0 Å². The number of methoxy groups -OCH3 is 2. The van der Waals surface area contributed by atoms with E-state index in [4.69, 9.17) is 37.9 Å². The van der Waals surface area contributed by atoms with Crippen molar-refractivity contribution in [1.29, 1.82) is 0 Å². The molecule has 3 fully saturated rings. The molecule has 2 bridgehead atoms. The van der Waals surface area contributed by atoms with E-state index in [2.05, 4.69) is 5.32 Å². The Bertz CT molecular complexity index is 2400. The summed E-state index contributed by atoms with van der Waals surface area (Å²) in [5, 5.41) is 40.4. The molecule has 6 rings (SSSR count). The summed E-state index contributed by atoms with van der Waals surface area (Å²) in [7, 11) is 2.74. The molecule has 1 aliphatic heterocycles. The van der Waals surface area contributed by atoms with Gasteiger partial charge in [-0.15, -0.1) is 0 Å². The van der Waals surface area contributed by atoms with Crippen LogP contribution in [0, 0.1) is 16.7 Å². The van der Waals surface area contributed by atoms with E-state index in [1.54, 1.807) is 52.8 Å². The first-order chi connectivity index (χ1) is 31.7. The van der Waals surface area contributed by atoms with E-state index in [1.807, 2.05) is 0 Å². The largest absolute Gasteiger partial charge is 0.497 e. The van der Waals surface area contributed by atoms with Crippen molar-refractivity contribution in [3.05, 3.63) is 82.5 Å². The number of para-hydroxylation sites is 1. The van der Waals surface area contributed by atoms with Gasteiger partial charge in [0.05, 0.1) is 49.9 Å². The Hall–Kier alpha value is -5.82. The van der Waals surface area contributed by atoms with Crippen molar-refractivity contribution in [2.24, 2.45) is 16.7 Å². The second kappa shape index (κ2) is 18.9. The van der Waals surface area contributed by atoms with Crippen LogP contribution < -0.4 is 14.8 Å². The van der Waals surface area contributed by atoms with Crippen molar-refractivity contribution in [2.45, 2.75) is 142 Å². The molecule has 0 radical (unpaired) electrons. The third-order valence-corrected chi connectivity index (χ3v) is 13.8. The lowest BCUT2D eigenvalue weighted by molar-refractivity contribution is -0.345. The highest BCUT2D eigenvalue weighted by Gasteiger charge is 2.78. The number of fused-ring (bicyclic) bond motifs is 5. The van der Waals surface area contributed by atoms with Gasteiger partial charge in [-0.3, -0.25) is 9.59 Å². The summed E-state index contributed by atoms with van der Waals surface area (Å²) >= 11 is 0. The molecule has 68 heavy (non-hydrogen) atoms. The number of benzene rings is 2. The van der Waals surface area contributed by atoms with Crippen LogP contribution in [0.1, 0.15) is 103 Å². The minimum absolute atomic E-state index is 0.0413. The number of hydrogen-bond acceptors (Lipinski definition) is 17. The molecule has 1 heterocycles. The summed E-state index contributed by atoms with van der Waals surface area (Å²) in [6, 6.07) is 10.7. The van der Waals surface area contributed by atoms with Gasteiger partial charge in [0.15, 0.2) is 23.6 Å². The van der Waals surface area contributed by atoms with Crippen molar-refractivity contribution in [3.8, 4) is 11.5 Å². The number of rotatable bonds is 12. The fourth-order valence-corrected chi connectivity index (χ4v) is 10.4. The second-order valence-electron chi connectivity index (χ2n) is 19.9. The maximum atomic E-state index is 16.0. The van der Waals surface area contributed by atoms with Crippen LogP contribution in [0.15, 0.2) is 71.3 Å². The first-order valence-electron chi connectivity index (χ1n) is 22.4. The molecular formula is C50H63NO17. The number of ketones is 1. The van der Waals surface area contributed by atoms with E-state index in [0.717, 1.165) is 6.92 Å². The van der Waals surface area contributed by atoms with Crippen molar-refractivity contribution >= 4 is 35.8 Å². The average molecular weight is 950 g/mol. The highest BCUT2D eigenvalue weighted by atomic mass is 16.6. The summed E-state index contributed by atoms with van der Waals surface area (Å²) in [5.41, 5.74) is -8.73. The molecule has 0 aromatic heterocycles. The minimum atomic E-state index is -2.49. The molecule has 18 nitrogen and oxygen atoms in total. The van der Waals surface area contributed by atoms with E-state index in [1.165, 1.54) is 78.3 Å². The van der Waals surface area contributed by atoms with E-state index in [9.17, 15) is 39.3 Å². The summed E-state index contributed by atoms with van der Waals surface area (Å²) in [6.45, 7) is 15.0. The van der Waals surface area contributed by atoms with Crippen molar-refractivity contribution < 1.29 is 82.0 Å². The third kappa shape index (κ3) is 9.22. The van der Waals surface area contributed by atoms with Crippen LogP contribution in [0.25, 0.3) is 0 Å². The van der Waals surface area contributed by atoms with Gasteiger partial charge in [0.1, 0.15) is 46.6 Å². The maximum absolute atomic E-state index is 16.0. The van der Waals surface area contributed by atoms with Crippen LogP contribution >= 0.6 is 0 Å². The van der Waals surface area contributed by atoms with Gasteiger partial charge in [-0.1, -0.05) is 43.7 Å². The molecule has 3 aliphatic carbocycles. The first kappa shape index (κ1) is 51.6. The Morgan fingerprint density at radius 3 is 2.19 bits per heavy atom. The third-order valence-electron chi connectivity index (χ3n) is 13.8. The summed E-state index contributed by atoms with van der Waals surface area (Å²) in [4.78, 5) is 85.5. The molecule has 2 saturated carbocycles. The van der Waals surface area contributed by atoms with Crippen LogP contribution in [-0.4, -0.2) is 131 Å². The Labute approximate surface area is 395 Å². The number of aliphatic hydroxyl groups excluding tert-OH is 2. The number of amides is 1. The van der Waals surface area contributed by atoms with Gasteiger partial charge < -0.3 is 58.5 Å². The van der Waals surface area contributed by atoms with Crippen LogP contribution in [0.2, 0.25) is 0 Å². The second-order valence-corrected chi connectivity index (χ2v) is 19.9. The number of nitrogens with one attached hydrogen (secondary N) is 1. The van der Waals surface area contributed by atoms with Crippen LogP contribution in [-0.2, 0) is 42.8 Å². The topological polar surface area (TPSA) is 249 Å². The van der Waals surface area contributed by atoms with Crippen molar-refractivity contribution in [2.75, 3.05) is 20.8 Å². The molecule has 1 saturated heterocycles. The Balaban J connectivity index is 1.60. The van der Waals surface area contributed by atoms with E-state index < -0.39 is 118 Å². The van der Waals surface area contributed by atoms with Gasteiger partial charge in [-0.05, 0) is 89.9 Å². The van der Waals surface area contributed by atoms with Gasteiger partial charge in [-0.25, -0.2) is 19.2 Å². The molecule has 1 amide bonds. The lowest BCUT2D eigenvalue weighted by atomic mass is 9.44. The summed E-state index contributed by atoms with van der Waals surface area (Å²) in [6.07, 6.45) is -10.7. The van der Waals surface area contributed by atoms with Gasteiger partial charge >= 0.3 is 30.0 Å². The highest BCUT2D eigenvalue weighted by molar-refractivity contribution is 5.99. The molecule has 4 aliphatic rings. The Morgan fingerprint density at radius 1 is 0.926 bits per heavy atom. The van der Waals surface area contributed by atoms with Gasteiger partial charge in [-0.2, -0.15) is 0 Å². The standard InChI is InChI=1S/C50H63NO17/c1-25(2)20-31(51-45(59)68-46(5,6)7)37(54)44(58)64-33-23-50(60)41(66-42(56)28-16-15-17-29(21-28)61-11)39-48(10,34(53)22-35-49(39,24-63-35)67-27(4)52)40(55)38(36(26(33)3)47(50,8)9)65-43(57)30-18-13-14-19-32(30)62-12/h13-21,31,33-35,37-39,41,53-54,60H,22-24H2,1-12H3,(H,51,59)/t31-,33-,34-,35+,37+,38+,39?,41?,48+,49-,50+/m0/s1. The number of aliphatic hydroxyl groups is 3. The fourth-order valence-electron chi connectivity index (χ4n) is 10.4. The monoisotopic (exact) mass is 949 g/mol. The molecule has 2 aromatic carbocycles. The predicted molar refractivity (Wildman–Crippen MR) is 240 cm³/mol. The number of carbonyl (C=O) groups excluding carboxylic acids is 6. The molecular weight excluding hydrogens is 887 g/mol. The zero-order chi connectivity index (χ0) is 50.5. The van der Waals surface area contributed by atoms with Crippen LogP contribution in [0.3, 0.4) is 0 Å². The number of alkyl carbamates (subject to hydrolysis) is 1. The highest BCUT2D eigenvalue weighted by Crippen LogP contribution is 2.64. The van der Waals surface area contributed by atoms with E-state index in [0.29, 0.717) is 5.57 Å². The average Bonchev–Trinajstić information content (AvgIpc) is 3.25. The van der Waals surface area contributed by atoms with Crippen LogP contribution in [0.4, 0.5) is 4.79 Å². The van der Waals surface area contributed by atoms with Gasteiger partial charge in [0.2, 0.25) is 0 Å². The molecule has 11 atom stereocenters. The smallest absolute Gasteiger partial charge is 0.408 e. The molecule has 0 spiro atoms. The van der Waals surface area contributed by atoms with Crippen LogP contribution in [0.5, 0.6) is 11.5 Å². The Kier molecular flexibility index (Phi) is 14.4. The zero-order valence-corrected chi connectivity index (χ0v) is 40.5. The van der Waals surface area contributed by atoms with Gasteiger partial charge in [0.25, 0.3) is 0 Å². The fraction of sp³-hybridized carbons (Fsp3) is 0.560. The Morgan fingerprint density at radius 2 is 1.60 bits per heavy atom. The lowest BCUT2D eigenvalue weighted by Crippen LogP contribution is -2.82. The van der Waals surface area contributed by atoms with Gasteiger partial charge in [0, 0.05) is 25.2 Å². The normalized spacial score (nSPS) is 30.2. The number of Topliss-reactive ketones (excluding diaryl/α,β-unsaturated/α-hetero) is 1. The molecule has 18 heteroatoms. The van der Waals surface area contributed by atoms with E-state index >= 15 is 4.79 Å². The van der Waals surface area contributed by atoms with Crippen molar-refractivity contribution in [1.82, 2.24) is 5.32 Å². The number of hydrogen-bond donors (Lipinski definition) is 4. The summed E-state index contributed by atoms with van der Waals surface area (Å²) < 4.78 is 47.1. The number of carbonyl (C=O) groups is 6. The molecule has 2 unspecified atom stereocenters. The SMILES string of the molecule is COc1cccc(C(=O)OC2C3[C@](C)(C(=O)[C@H](OC(=O)c4ccccc4OC)C4=C(C)[C@@H](OC(=O)[C@H](O)[C@H](C=C(C)C)NC(=O)OC(C)(C)C)C[C@]2(O)C4(C)C)[C@@H](O)C[C@H]2OC[C@@]32OC(C)=O)c1. The molecule has 2 aromatic rings. The maximum Gasteiger partial charge on any atom is 0.408 e. The quantitative estimate of drug-likeness (QED) is 0.127. The first-order valence-corrected chi connectivity index (χ1v) is 22.4. The molecule has 370 valence electrons. The van der Waals surface area contributed by atoms with E-state index in [-0.39, 0.29) is 46.8 Å². The predicted octanol–water partition coefficient (Wildman–Crippen LogP) is 4.74. The number of ether oxygens (including phenoxy) is 8. The lowest BCUT2D eigenvalue weighted by Gasteiger charge is -2.67. The summed E-state index contributed by atoms with van der Waals surface area (Å²) in [5.74, 6) is -6.36. The number of allylic oxidation sites excluding steroid dienone is 1.